The van der Waals surface area contributed by atoms with Gasteiger partial charge in [-0.05, 0) is 23.7 Å². The van der Waals surface area contributed by atoms with Crippen molar-refractivity contribution in [2.75, 3.05) is 11.4 Å². The van der Waals surface area contributed by atoms with E-state index in [1.54, 1.807) is 0 Å². The molecule has 0 aromatic rings. The summed E-state index contributed by atoms with van der Waals surface area (Å²) in [7, 11) is 5.28. The normalized spacial score (nSPS) is 10.4. The van der Waals surface area contributed by atoms with Crippen molar-refractivity contribution in [3.63, 3.8) is 0 Å². The maximum absolute atomic E-state index is 5.28. The highest BCUT2D eigenvalue weighted by atomic mass is 32.2. The summed E-state index contributed by atoms with van der Waals surface area (Å²) in [5, 5.41) is 0. The molecule has 0 aromatic heterocycles. The number of thioether (sulfide) groups is 1. The molecule has 0 aliphatic heterocycles. The highest BCUT2D eigenvalue weighted by molar-refractivity contribution is 8.00. The first kappa shape index (κ1) is 8.41. The Labute approximate surface area is 57.8 Å². The van der Waals surface area contributed by atoms with E-state index in [1.165, 1.54) is 12.2 Å². The fourth-order valence-electron chi connectivity index (χ4n) is 0.402. The summed E-state index contributed by atoms with van der Waals surface area (Å²) in [6, 6.07) is 0. The minimum atomic E-state index is 0.771. The van der Waals surface area contributed by atoms with Crippen molar-refractivity contribution in [1.29, 1.82) is 0 Å². The van der Waals surface area contributed by atoms with Crippen molar-refractivity contribution in [3.05, 3.63) is 0 Å². The first-order valence-corrected chi connectivity index (χ1v) is 4.20. The molecule has 0 unspecified atom stereocenters. The summed E-state index contributed by atoms with van der Waals surface area (Å²) >= 11 is 1.81. The van der Waals surface area contributed by atoms with E-state index in [9.17, 15) is 0 Å². The molecule has 0 atom stereocenters. The van der Waals surface area contributed by atoms with Crippen LogP contribution in [0.1, 0.15) is 20.3 Å². The molecule has 2 radical (unpaired) electrons. The van der Waals surface area contributed by atoms with Crippen molar-refractivity contribution in [2.45, 2.75) is 20.3 Å². The van der Waals surface area contributed by atoms with Gasteiger partial charge in [-0.3, -0.25) is 0 Å². The first-order chi connectivity index (χ1) is 3.77. The third-order valence-electron chi connectivity index (χ3n) is 0.957. The van der Waals surface area contributed by atoms with Crippen LogP contribution in [0.15, 0.2) is 0 Å². The van der Waals surface area contributed by atoms with Crippen LogP contribution >= 0.6 is 11.8 Å². The van der Waals surface area contributed by atoms with Gasteiger partial charge in [0.05, 0.1) is 7.85 Å². The lowest BCUT2D eigenvalue weighted by atomic mass is 10.2. The molecule has 0 aliphatic rings. The molecule has 0 amide bonds. The number of hydrogen-bond donors (Lipinski definition) is 0. The van der Waals surface area contributed by atoms with Gasteiger partial charge >= 0.3 is 0 Å². The van der Waals surface area contributed by atoms with Crippen molar-refractivity contribution in [2.24, 2.45) is 5.92 Å². The molecule has 8 heavy (non-hydrogen) atoms. The molecule has 0 rings (SSSR count). The molecule has 0 bridgehead atoms. The van der Waals surface area contributed by atoms with Crippen LogP contribution in [-0.4, -0.2) is 19.3 Å². The van der Waals surface area contributed by atoms with Gasteiger partial charge in [0.15, 0.2) is 0 Å². The molecule has 0 saturated carbocycles. The molecule has 0 saturated heterocycles. The summed E-state index contributed by atoms with van der Waals surface area (Å²) in [5.74, 6) is 2.04. The van der Waals surface area contributed by atoms with E-state index in [0.717, 1.165) is 11.6 Å². The Morgan fingerprint density at radius 3 is 2.50 bits per heavy atom. The van der Waals surface area contributed by atoms with Gasteiger partial charge in [0.1, 0.15) is 0 Å². The molecule has 2 heteroatoms. The van der Waals surface area contributed by atoms with E-state index in [-0.39, 0.29) is 0 Å². The van der Waals surface area contributed by atoms with E-state index >= 15 is 0 Å². The standard InChI is InChI=1S/C6H13BS/c1-6(2)3-4-8-5-7/h6H,3-5H2,1-2H3. The number of rotatable bonds is 4. The molecule has 0 aromatic carbocycles. The molecule has 0 heterocycles. The largest absolute Gasteiger partial charge is 0.172 e. The SMILES string of the molecule is [B]CSCCC(C)C. The van der Waals surface area contributed by atoms with Crippen LogP contribution in [0.3, 0.4) is 0 Å². The maximum Gasteiger partial charge on any atom is 0.0799 e. The monoisotopic (exact) mass is 128 g/mol. The lowest BCUT2D eigenvalue weighted by Crippen LogP contribution is -1.89. The molecular weight excluding hydrogens is 115 g/mol. The third kappa shape index (κ3) is 6.41. The van der Waals surface area contributed by atoms with Gasteiger partial charge in [0, 0.05) is 0 Å². The van der Waals surface area contributed by atoms with Crippen LogP contribution in [0.5, 0.6) is 0 Å². The van der Waals surface area contributed by atoms with Crippen molar-refractivity contribution < 1.29 is 0 Å². The fraction of sp³-hybridized carbons (Fsp3) is 1.00. The third-order valence-corrected chi connectivity index (χ3v) is 1.72. The lowest BCUT2D eigenvalue weighted by molar-refractivity contribution is 0.632. The molecular formula is C6H13BS. The van der Waals surface area contributed by atoms with Crippen LogP contribution in [0.4, 0.5) is 0 Å². The zero-order chi connectivity index (χ0) is 6.41. The molecule has 0 aliphatic carbocycles. The maximum atomic E-state index is 5.28. The predicted octanol–water partition coefficient (Wildman–Crippen LogP) is 1.89. The van der Waals surface area contributed by atoms with E-state index < -0.39 is 0 Å². The smallest absolute Gasteiger partial charge is 0.0799 e. The quantitative estimate of drug-likeness (QED) is 0.411. The van der Waals surface area contributed by atoms with Gasteiger partial charge < -0.3 is 0 Å². The van der Waals surface area contributed by atoms with Crippen LogP contribution in [-0.2, 0) is 0 Å². The summed E-state index contributed by atoms with van der Waals surface area (Å²) in [6.45, 7) is 4.47. The molecule has 0 fully saturated rings. The Balaban J connectivity index is 2.72. The molecule has 0 N–H and O–H groups in total. The van der Waals surface area contributed by atoms with Crippen molar-refractivity contribution in [1.82, 2.24) is 0 Å². The summed E-state index contributed by atoms with van der Waals surface area (Å²) in [6.07, 6.45) is 1.29. The van der Waals surface area contributed by atoms with Crippen LogP contribution in [0.25, 0.3) is 0 Å². The second-order valence-corrected chi connectivity index (χ2v) is 3.41. The van der Waals surface area contributed by atoms with Gasteiger partial charge in [-0.25, -0.2) is 0 Å². The van der Waals surface area contributed by atoms with Crippen molar-refractivity contribution in [3.8, 4) is 0 Å². The Hall–Kier alpha value is 0.415. The summed E-state index contributed by atoms with van der Waals surface area (Å²) < 4.78 is 0. The summed E-state index contributed by atoms with van der Waals surface area (Å²) in [5.41, 5.74) is 0.771. The van der Waals surface area contributed by atoms with E-state index in [1.807, 2.05) is 11.8 Å². The van der Waals surface area contributed by atoms with Gasteiger partial charge in [0.2, 0.25) is 0 Å². The zero-order valence-corrected chi connectivity index (χ0v) is 6.50. The second kappa shape index (κ2) is 5.55. The average molecular weight is 128 g/mol. The van der Waals surface area contributed by atoms with Crippen LogP contribution in [0, 0.1) is 5.92 Å². The molecule has 0 spiro atoms. The Kier molecular flexibility index (Phi) is 5.84. The van der Waals surface area contributed by atoms with Crippen LogP contribution < -0.4 is 0 Å². The second-order valence-electron chi connectivity index (χ2n) is 2.26. The topological polar surface area (TPSA) is 0 Å². The Morgan fingerprint density at radius 1 is 1.50 bits per heavy atom. The van der Waals surface area contributed by atoms with E-state index in [0.29, 0.717) is 0 Å². The average Bonchev–Trinajstić information content (AvgIpc) is 1.66. The minimum absolute atomic E-state index is 0.771. The Morgan fingerprint density at radius 2 is 2.12 bits per heavy atom. The van der Waals surface area contributed by atoms with Gasteiger partial charge in [-0.15, -0.1) is 0 Å². The first-order valence-electron chi connectivity index (χ1n) is 3.05. The highest BCUT2D eigenvalue weighted by Crippen LogP contribution is 2.06. The predicted molar refractivity (Wildman–Crippen MR) is 42.5 cm³/mol. The van der Waals surface area contributed by atoms with Gasteiger partial charge in [-0.1, -0.05) is 13.8 Å². The van der Waals surface area contributed by atoms with E-state index in [2.05, 4.69) is 13.8 Å². The summed E-state index contributed by atoms with van der Waals surface area (Å²) in [4.78, 5) is 0. The highest BCUT2D eigenvalue weighted by Gasteiger charge is 1.90. The zero-order valence-electron chi connectivity index (χ0n) is 5.68. The fourth-order valence-corrected chi connectivity index (χ4v) is 1.21. The Bertz CT molecular complexity index is 45.8. The van der Waals surface area contributed by atoms with E-state index in [4.69, 9.17) is 7.85 Å². The molecule has 46 valence electrons. The number of hydrogen-bond acceptors (Lipinski definition) is 1. The van der Waals surface area contributed by atoms with Gasteiger partial charge in [0.25, 0.3) is 0 Å². The molecule has 0 nitrogen and oxygen atoms in total. The van der Waals surface area contributed by atoms with Crippen LogP contribution in [0.2, 0.25) is 0 Å². The van der Waals surface area contributed by atoms with Gasteiger partial charge in [-0.2, -0.15) is 11.8 Å². The lowest BCUT2D eigenvalue weighted by Gasteiger charge is -2.00. The minimum Gasteiger partial charge on any atom is -0.172 e. The van der Waals surface area contributed by atoms with Crippen molar-refractivity contribution >= 4 is 19.6 Å².